The van der Waals surface area contributed by atoms with Crippen molar-refractivity contribution in [2.45, 2.75) is 41.0 Å². The number of benzene rings is 2. The van der Waals surface area contributed by atoms with Gasteiger partial charge in [-0.1, -0.05) is 62.4 Å². The summed E-state index contributed by atoms with van der Waals surface area (Å²) >= 11 is 0. The van der Waals surface area contributed by atoms with Crippen LogP contribution in [0.1, 0.15) is 27.7 Å². The molecule has 0 saturated heterocycles. The van der Waals surface area contributed by atoms with Crippen molar-refractivity contribution < 1.29 is 0 Å². The predicted octanol–water partition coefficient (Wildman–Crippen LogP) is 3.66. The second-order valence-corrected chi connectivity index (χ2v) is 9.07. The van der Waals surface area contributed by atoms with Crippen LogP contribution in [-0.4, -0.2) is 59.5 Å². The van der Waals surface area contributed by atoms with E-state index < -0.39 is 0 Å². The van der Waals surface area contributed by atoms with Gasteiger partial charge in [-0.2, -0.15) is 0 Å². The first-order chi connectivity index (χ1) is 15.0. The summed E-state index contributed by atoms with van der Waals surface area (Å²) < 4.78 is 3.99. The third-order valence-electron chi connectivity index (χ3n) is 5.16. The van der Waals surface area contributed by atoms with Gasteiger partial charge in [0, 0.05) is 13.1 Å². The first-order valence-electron chi connectivity index (χ1n) is 11.0. The van der Waals surface area contributed by atoms with Crippen molar-refractivity contribution in [3.8, 4) is 0 Å². The maximum absolute atomic E-state index is 4.41. The number of rotatable bonds is 10. The highest BCUT2D eigenvalue weighted by Crippen LogP contribution is 2.14. The average Bonchev–Trinajstić information content (AvgIpc) is 3.32. The number of para-hydroxylation sites is 2. The van der Waals surface area contributed by atoms with Crippen LogP contribution in [0.3, 0.4) is 0 Å². The van der Waals surface area contributed by atoms with E-state index in [0.29, 0.717) is 25.2 Å². The Hall–Kier alpha value is -2.84. The van der Waals surface area contributed by atoms with Crippen LogP contribution >= 0.6 is 0 Å². The maximum atomic E-state index is 4.41. The van der Waals surface area contributed by atoms with Crippen molar-refractivity contribution in [2.75, 3.05) is 19.8 Å². The molecule has 0 atom stereocenters. The molecule has 0 aliphatic rings. The summed E-state index contributed by atoms with van der Waals surface area (Å²) in [5.41, 5.74) is 3.99. The number of fused-ring (bicyclic) bond motifs is 2. The lowest BCUT2D eigenvalue weighted by atomic mass is 10.2. The second-order valence-electron chi connectivity index (χ2n) is 9.07. The molecular formula is C23H32N8. The van der Waals surface area contributed by atoms with Gasteiger partial charge < -0.3 is 0 Å². The van der Waals surface area contributed by atoms with E-state index in [9.17, 15) is 0 Å². The molecule has 0 bridgehead atoms. The van der Waals surface area contributed by atoms with Crippen LogP contribution in [0.4, 0.5) is 0 Å². The number of hydrogen-bond acceptors (Lipinski definition) is 6. The van der Waals surface area contributed by atoms with E-state index in [4.69, 9.17) is 0 Å². The number of nitrogens with zero attached hydrogens (tertiary/aromatic N) is 8. The topological polar surface area (TPSA) is 67.9 Å². The van der Waals surface area contributed by atoms with Crippen molar-refractivity contribution in [1.82, 2.24) is 39.8 Å². The molecule has 4 rings (SSSR count). The normalized spacial score (nSPS) is 12.4. The zero-order valence-electron chi connectivity index (χ0n) is 18.9. The van der Waals surface area contributed by atoms with Gasteiger partial charge in [0.15, 0.2) is 0 Å². The molecule has 2 aromatic carbocycles. The summed E-state index contributed by atoms with van der Waals surface area (Å²) in [6, 6.07) is 16.2. The van der Waals surface area contributed by atoms with Gasteiger partial charge in [-0.15, -0.1) is 10.2 Å². The molecule has 2 heterocycles. The molecule has 0 aliphatic heterocycles. The van der Waals surface area contributed by atoms with E-state index in [-0.39, 0.29) is 0 Å². The van der Waals surface area contributed by atoms with Gasteiger partial charge in [-0.3, -0.25) is 9.80 Å². The van der Waals surface area contributed by atoms with Gasteiger partial charge in [0.25, 0.3) is 0 Å². The number of hydrogen-bond donors (Lipinski definition) is 0. The molecule has 8 heteroatoms. The van der Waals surface area contributed by atoms with Crippen molar-refractivity contribution in [1.29, 1.82) is 0 Å². The summed E-state index contributed by atoms with van der Waals surface area (Å²) in [4.78, 5) is 4.88. The zero-order valence-corrected chi connectivity index (χ0v) is 18.9. The Labute approximate surface area is 183 Å². The Morgan fingerprint density at radius 3 is 1.52 bits per heavy atom. The van der Waals surface area contributed by atoms with E-state index in [2.05, 4.69) is 70.3 Å². The largest absolute Gasteiger partial charge is 0.271 e. The quantitative estimate of drug-likeness (QED) is 0.365. The molecule has 0 unspecified atom stereocenters. The Bertz CT molecular complexity index is 1020. The fraction of sp³-hybridized carbons (Fsp3) is 0.478. The molecule has 4 aromatic rings. The minimum atomic E-state index is 0.544. The summed E-state index contributed by atoms with van der Waals surface area (Å²) in [6.07, 6.45) is 0. The second kappa shape index (κ2) is 9.53. The lowest BCUT2D eigenvalue weighted by Crippen LogP contribution is -2.43. The van der Waals surface area contributed by atoms with E-state index in [0.717, 1.165) is 41.8 Å². The first-order valence-corrected chi connectivity index (χ1v) is 11.0. The Kier molecular flexibility index (Phi) is 6.58. The molecule has 0 fully saturated rings. The smallest absolute Gasteiger partial charge is 0.113 e. The van der Waals surface area contributed by atoms with E-state index in [1.165, 1.54) is 0 Å². The predicted molar refractivity (Wildman–Crippen MR) is 123 cm³/mol. The Morgan fingerprint density at radius 1 is 0.677 bits per heavy atom. The molecule has 0 radical (unpaired) electrons. The molecular weight excluding hydrogens is 388 g/mol. The van der Waals surface area contributed by atoms with Crippen molar-refractivity contribution in [3.63, 3.8) is 0 Å². The van der Waals surface area contributed by atoms with Gasteiger partial charge in [0.2, 0.25) is 0 Å². The van der Waals surface area contributed by atoms with E-state index in [1.54, 1.807) is 0 Å². The van der Waals surface area contributed by atoms with E-state index >= 15 is 0 Å². The van der Waals surface area contributed by atoms with E-state index in [1.807, 2.05) is 45.8 Å². The van der Waals surface area contributed by atoms with Gasteiger partial charge in [0.05, 0.1) is 31.0 Å². The molecule has 0 spiro atoms. The Balaban J connectivity index is 1.55. The standard InChI is InChI=1S/C23H32N8/c1-18(2)13-28(16-30-22-11-7-5-9-20(22)24-26-30)15-29(14-19(3)4)17-31-23-12-8-6-10-21(23)25-27-31/h5-12,18-19H,13-17H2,1-4H3. The fourth-order valence-electron chi connectivity index (χ4n) is 4.06. The maximum Gasteiger partial charge on any atom is 0.113 e. The summed E-state index contributed by atoms with van der Waals surface area (Å²) in [5.74, 6) is 1.09. The van der Waals surface area contributed by atoms with Gasteiger partial charge >= 0.3 is 0 Å². The lowest BCUT2D eigenvalue weighted by molar-refractivity contribution is 0.0590. The van der Waals surface area contributed by atoms with Crippen molar-refractivity contribution in [3.05, 3.63) is 48.5 Å². The molecule has 0 saturated carbocycles. The van der Waals surface area contributed by atoms with Crippen LogP contribution < -0.4 is 0 Å². The highest BCUT2D eigenvalue weighted by Gasteiger charge is 2.18. The average molecular weight is 421 g/mol. The van der Waals surface area contributed by atoms with Crippen LogP contribution in [0.25, 0.3) is 22.1 Å². The highest BCUT2D eigenvalue weighted by molar-refractivity contribution is 5.74. The third-order valence-corrected chi connectivity index (χ3v) is 5.16. The molecule has 0 aliphatic carbocycles. The summed E-state index contributed by atoms with van der Waals surface area (Å²) in [6.45, 7) is 13.2. The van der Waals surface area contributed by atoms with Crippen LogP contribution in [0, 0.1) is 11.8 Å². The molecule has 31 heavy (non-hydrogen) atoms. The minimum absolute atomic E-state index is 0.544. The van der Waals surface area contributed by atoms with Crippen LogP contribution in [0.2, 0.25) is 0 Å². The minimum Gasteiger partial charge on any atom is -0.271 e. The van der Waals surface area contributed by atoms with Crippen LogP contribution in [0.15, 0.2) is 48.5 Å². The Morgan fingerprint density at radius 2 is 1.10 bits per heavy atom. The van der Waals surface area contributed by atoms with Crippen LogP contribution in [0.5, 0.6) is 0 Å². The summed E-state index contributed by atoms with van der Waals surface area (Å²) in [7, 11) is 0. The van der Waals surface area contributed by atoms with Gasteiger partial charge in [0.1, 0.15) is 11.0 Å². The summed E-state index contributed by atoms with van der Waals surface area (Å²) in [5, 5.41) is 17.5. The number of aromatic nitrogens is 6. The SMILES string of the molecule is CC(C)CN(CN(CC(C)C)Cn1nnc2ccccc21)Cn1nnc2ccccc21. The van der Waals surface area contributed by atoms with Crippen LogP contribution in [-0.2, 0) is 13.3 Å². The van der Waals surface area contributed by atoms with Crippen molar-refractivity contribution >= 4 is 22.1 Å². The zero-order chi connectivity index (χ0) is 21.8. The molecule has 8 nitrogen and oxygen atoms in total. The molecule has 2 aromatic heterocycles. The van der Waals surface area contributed by atoms with Crippen molar-refractivity contribution in [2.24, 2.45) is 11.8 Å². The molecule has 0 amide bonds. The van der Waals surface area contributed by atoms with Gasteiger partial charge in [-0.05, 0) is 36.1 Å². The first kappa shape index (κ1) is 21.4. The third kappa shape index (κ3) is 5.26. The lowest BCUT2D eigenvalue weighted by Gasteiger charge is -2.32. The monoisotopic (exact) mass is 420 g/mol. The molecule has 164 valence electrons. The highest BCUT2D eigenvalue weighted by atomic mass is 15.5. The van der Waals surface area contributed by atoms with Gasteiger partial charge in [-0.25, -0.2) is 9.36 Å². The fourth-order valence-corrected chi connectivity index (χ4v) is 4.06. The molecule has 0 N–H and O–H groups in total.